The van der Waals surface area contributed by atoms with Crippen molar-refractivity contribution in [2.75, 3.05) is 0 Å². The number of halogens is 3. The van der Waals surface area contributed by atoms with Crippen molar-refractivity contribution in [3.05, 3.63) is 38.8 Å². The Bertz CT molecular complexity index is 491. The second-order valence-electron chi connectivity index (χ2n) is 2.92. The van der Waals surface area contributed by atoms with Crippen LogP contribution in [0.4, 0.5) is 0 Å². The third-order valence-electron chi connectivity index (χ3n) is 1.96. The highest BCUT2D eigenvalue weighted by Gasteiger charge is 2.12. The molecule has 6 heteroatoms. The number of nitrogens with zero attached hydrogens (tertiary/aromatic N) is 3. The molecule has 0 unspecified atom stereocenters. The first-order valence-corrected chi connectivity index (χ1v) is 5.68. The van der Waals surface area contributed by atoms with E-state index in [4.69, 9.17) is 23.2 Å². The van der Waals surface area contributed by atoms with E-state index in [-0.39, 0.29) is 0 Å². The highest BCUT2D eigenvalue weighted by atomic mass is 79.9. The Balaban J connectivity index is 2.69. The molecule has 3 nitrogen and oxygen atoms in total. The zero-order chi connectivity index (χ0) is 11.0. The topological polar surface area (TPSA) is 30.7 Å². The van der Waals surface area contributed by atoms with Crippen LogP contribution in [-0.2, 0) is 0 Å². The van der Waals surface area contributed by atoms with E-state index in [0.29, 0.717) is 16.1 Å². The summed E-state index contributed by atoms with van der Waals surface area (Å²) >= 11 is 15.3. The second-order valence-corrected chi connectivity index (χ2v) is 4.46. The van der Waals surface area contributed by atoms with Crippen molar-refractivity contribution >= 4 is 39.1 Å². The van der Waals surface area contributed by atoms with Gasteiger partial charge in [0.15, 0.2) is 0 Å². The number of aryl methyl sites for hydroxylation is 1. The van der Waals surface area contributed by atoms with Crippen LogP contribution < -0.4 is 0 Å². The first-order valence-electron chi connectivity index (χ1n) is 4.13. The summed E-state index contributed by atoms with van der Waals surface area (Å²) in [6, 6.07) is 5.53. The highest BCUT2D eigenvalue weighted by molar-refractivity contribution is 9.10. The van der Waals surface area contributed by atoms with E-state index in [0.717, 1.165) is 10.2 Å². The van der Waals surface area contributed by atoms with E-state index in [1.807, 2.05) is 19.1 Å². The molecule has 0 aliphatic carbocycles. The molecule has 0 saturated carbocycles. The molecular formula is C9H6BrCl2N3. The zero-order valence-electron chi connectivity index (χ0n) is 7.71. The van der Waals surface area contributed by atoms with E-state index in [9.17, 15) is 0 Å². The first-order chi connectivity index (χ1) is 7.11. The Morgan fingerprint density at radius 3 is 2.60 bits per heavy atom. The number of hydrogen-bond acceptors (Lipinski definition) is 2. The fourth-order valence-corrected chi connectivity index (χ4v) is 2.14. The van der Waals surface area contributed by atoms with Gasteiger partial charge in [-0.2, -0.15) is 0 Å². The van der Waals surface area contributed by atoms with Crippen LogP contribution in [-0.4, -0.2) is 14.8 Å². The van der Waals surface area contributed by atoms with Crippen molar-refractivity contribution in [3.63, 3.8) is 0 Å². The number of benzene rings is 1. The Morgan fingerprint density at radius 1 is 1.27 bits per heavy atom. The molecule has 2 aromatic rings. The molecule has 0 bridgehead atoms. The summed E-state index contributed by atoms with van der Waals surface area (Å²) in [6.07, 6.45) is 0. The van der Waals surface area contributed by atoms with Crippen LogP contribution in [0.3, 0.4) is 0 Å². The van der Waals surface area contributed by atoms with Crippen LogP contribution >= 0.6 is 39.1 Å². The van der Waals surface area contributed by atoms with Crippen molar-refractivity contribution < 1.29 is 0 Å². The molecule has 15 heavy (non-hydrogen) atoms. The zero-order valence-corrected chi connectivity index (χ0v) is 10.8. The molecule has 0 saturated heterocycles. The average Bonchev–Trinajstić information content (AvgIpc) is 2.52. The van der Waals surface area contributed by atoms with Gasteiger partial charge in [-0.3, -0.25) is 4.57 Å². The van der Waals surface area contributed by atoms with Crippen molar-refractivity contribution in [3.8, 4) is 5.69 Å². The maximum atomic E-state index is 5.99. The summed E-state index contributed by atoms with van der Waals surface area (Å²) in [7, 11) is 0. The molecule has 2 rings (SSSR count). The standard InChI is InChI=1S/C9H6BrCl2N3/c1-5-13-14-9(12)15(5)7-4-2-3-6(11)8(7)10/h2-4H,1H3. The molecule has 0 aliphatic rings. The number of rotatable bonds is 1. The molecule has 0 radical (unpaired) electrons. The molecule has 0 amide bonds. The Hall–Kier alpha value is -0.580. The van der Waals surface area contributed by atoms with Crippen molar-refractivity contribution in [2.45, 2.75) is 6.92 Å². The maximum Gasteiger partial charge on any atom is 0.229 e. The predicted octanol–water partition coefficient (Wildman–Crippen LogP) is 3.65. The molecule has 0 N–H and O–H groups in total. The summed E-state index contributed by atoms with van der Waals surface area (Å²) < 4.78 is 2.49. The Labute approximate surface area is 105 Å². The van der Waals surface area contributed by atoms with Crippen LogP contribution in [0.2, 0.25) is 10.3 Å². The van der Waals surface area contributed by atoms with Gasteiger partial charge in [-0.1, -0.05) is 17.7 Å². The predicted molar refractivity (Wildman–Crippen MR) is 63.8 cm³/mol. The summed E-state index contributed by atoms with van der Waals surface area (Å²) in [4.78, 5) is 0. The van der Waals surface area contributed by atoms with E-state index in [1.165, 1.54) is 0 Å². The van der Waals surface area contributed by atoms with Gasteiger partial charge in [-0.15, -0.1) is 10.2 Å². The van der Waals surface area contributed by atoms with Gasteiger partial charge in [-0.05, 0) is 46.6 Å². The van der Waals surface area contributed by atoms with Crippen molar-refractivity contribution in [2.24, 2.45) is 0 Å². The highest BCUT2D eigenvalue weighted by Crippen LogP contribution is 2.30. The monoisotopic (exact) mass is 305 g/mol. The largest absolute Gasteiger partial charge is 0.269 e. The minimum atomic E-state index is 0.315. The van der Waals surface area contributed by atoms with Gasteiger partial charge in [0.1, 0.15) is 5.82 Å². The molecule has 78 valence electrons. The van der Waals surface area contributed by atoms with E-state index in [2.05, 4.69) is 26.1 Å². The van der Waals surface area contributed by atoms with Crippen molar-refractivity contribution in [1.29, 1.82) is 0 Å². The lowest BCUT2D eigenvalue weighted by Gasteiger charge is -2.08. The van der Waals surface area contributed by atoms with Crippen LogP contribution in [0.25, 0.3) is 5.69 Å². The lowest BCUT2D eigenvalue weighted by Crippen LogP contribution is -1.98. The number of aromatic nitrogens is 3. The third-order valence-corrected chi connectivity index (χ3v) is 3.58. The van der Waals surface area contributed by atoms with Gasteiger partial charge in [0, 0.05) is 0 Å². The fraction of sp³-hybridized carbons (Fsp3) is 0.111. The van der Waals surface area contributed by atoms with Crippen molar-refractivity contribution in [1.82, 2.24) is 14.8 Å². The lowest BCUT2D eigenvalue weighted by atomic mass is 10.3. The van der Waals surface area contributed by atoms with Crippen LogP contribution in [0.15, 0.2) is 22.7 Å². The molecule has 1 heterocycles. The number of hydrogen-bond donors (Lipinski definition) is 0. The SMILES string of the molecule is Cc1nnc(Cl)n1-c1cccc(Cl)c1Br. The molecule has 1 aromatic heterocycles. The van der Waals surface area contributed by atoms with E-state index >= 15 is 0 Å². The molecule has 0 aliphatic heterocycles. The average molecular weight is 307 g/mol. The molecule has 1 aromatic carbocycles. The smallest absolute Gasteiger partial charge is 0.229 e. The maximum absolute atomic E-state index is 5.99. The van der Waals surface area contributed by atoms with Gasteiger partial charge < -0.3 is 0 Å². The van der Waals surface area contributed by atoms with Crippen LogP contribution in [0.1, 0.15) is 5.82 Å². The van der Waals surface area contributed by atoms with Gasteiger partial charge in [0.2, 0.25) is 5.28 Å². The summed E-state index contributed by atoms with van der Waals surface area (Å²) in [5, 5.41) is 8.60. The lowest BCUT2D eigenvalue weighted by molar-refractivity contribution is 0.965. The molecule has 0 spiro atoms. The Kier molecular flexibility index (Phi) is 3.00. The first kappa shape index (κ1) is 10.9. The van der Waals surface area contributed by atoms with Crippen LogP contribution in [0, 0.1) is 6.92 Å². The molecule has 0 atom stereocenters. The van der Waals surface area contributed by atoms with Gasteiger partial charge in [-0.25, -0.2) is 0 Å². The van der Waals surface area contributed by atoms with E-state index < -0.39 is 0 Å². The van der Waals surface area contributed by atoms with Crippen LogP contribution in [0.5, 0.6) is 0 Å². The third kappa shape index (κ3) is 1.89. The fourth-order valence-electron chi connectivity index (χ4n) is 1.28. The van der Waals surface area contributed by atoms with Gasteiger partial charge >= 0.3 is 0 Å². The Morgan fingerprint density at radius 2 is 2.00 bits per heavy atom. The minimum Gasteiger partial charge on any atom is -0.269 e. The summed E-state index contributed by atoms with van der Waals surface area (Å²) in [5.41, 5.74) is 0.829. The summed E-state index contributed by atoms with van der Waals surface area (Å²) in [5.74, 6) is 0.711. The second kappa shape index (κ2) is 4.12. The van der Waals surface area contributed by atoms with Gasteiger partial charge in [0.05, 0.1) is 15.2 Å². The molecular weight excluding hydrogens is 301 g/mol. The minimum absolute atomic E-state index is 0.315. The molecule has 0 fully saturated rings. The summed E-state index contributed by atoms with van der Waals surface area (Å²) in [6.45, 7) is 1.83. The normalized spacial score (nSPS) is 10.7. The van der Waals surface area contributed by atoms with E-state index in [1.54, 1.807) is 10.6 Å². The van der Waals surface area contributed by atoms with Gasteiger partial charge in [0.25, 0.3) is 0 Å². The quantitative estimate of drug-likeness (QED) is 0.805.